The molecule has 5 nitrogen and oxygen atoms in total. The number of pyridine rings is 1. The van der Waals surface area contributed by atoms with Gasteiger partial charge in [0.25, 0.3) is 6.47 Å². The van der Waals surface area contributed by atoms with Gasteiger partial charge < -0.3 is 10.1 Å². The molecular weight excluding hydrogens is 256 g/mol. The van der Waals surface area contributed by atoms with E-state index in [1.165, 1.54) is 0 Å². The first-order valence-corrected chi connectivity index (χ1v) is 6.84. The number of rotatable bonds is 3. The number of fused-ring (bicyclic) bond motifs is 1. The number of hydrogen-bond donors (Lipinski definition) is 1. The molecule has 1 unspecified atom stereocenters. The first-order valence-electron chi connectivity index (χ1n) is 6.84. The topological polar surface area (TPSA) is 68.3 Å². The minimum absolute atomic E-state index is 0.0301. The zero-order valence-electron chi connectivity index (χ0n) is 12.5. The second-order valence-electron chi connectivity index (χ2n) is 5.01. The number of Topliss-reactive ketones (excluding diaryl/α,β-unsaturated/α-hetero) is 1. The van der Waals surface area contributed by atoms with Gasteiger partial charge in [0, 0.05) is 18.2 Å². The molecule has 1 aliphatic heterocycles. The summed E-state index contributed by atoms with van der Waals surface area (Å²) in [5, 5.41) is 3.29. The van der Waals surface area contributed by atoms with E-state index in [0.29, 0.717) is 12.9 Å². The van der Waals surface area contributed by atoms with E-state index in [1.807, 2.05) is 19.1 Å². The molecule has 2 heterocycles. The van der Waals surface area contributed by atoms with Gasteiger partial charge in [-0.3, -0.25) is 9.59 Å². The Labute approximate surface area is 119 Å². The molecule has 110 valence electrons. The Morgan fingerprint density at radius 1 is 1.50 bits per heavy atom. The van der Waals surface area contributed by atoms with Crippen LogP contribution in [-0.2, 0) is 9.53 Å². The van der Waals surface area contributed by atoms with Gasteiger partial charge in [0.1, 0.15) is 5.82 Å². The average Bonchev–Trinajstić information content (AvgIpc) is 2.38. The zero-order chi connectivity index (χ0) is 15.1. The Hall–Kier alpha value is -1.91. The van der Waals surface area contributed by atoms with E-state index in [2.05, 4.69) is 22.0 Å². The fourth-order valence-electron chi connectivity index (χ4n) is 1.83. The van der Waals surface area contributed by atoms with Crippen molar-refractivity contribution < 1.29 is 14.3 Å². The fourth-order valence-corrected chi connectivity index (χ4v) is 1.83. The molecule has 0 amide bonds. The number of ketones is 1. The van der Waals surface area contributed by atoms with E-state index in [0.717, 1.165) is 23.5 Å². The third-order valence-corrected chi connectivity index (χ3v) is 2.93. The summed E-state index contributed by atoms with van der Waals surface area (Å²) in [4.78, 5) is 25.4. The molecule has 0 aliphatic carbocycles. The summed E-state index contributed by atoms with van der Waals surface area (Å²) in [7, 11) is 0. The van der Waals surface area contributed by atoms with Crippen LogP contribution in [0.2, 0.25) is 0 Å². The molecule has 0 radical (unpaired) electrons. The van der Waals surface area contributed by atoms with Gasteiger partial charge in [-0.1, -0.05) is 6.92 Å². The lowest BCUT2D eigenvalue weighted by atomic mass is 9.98. The molecule has 0 bridgehead atoms. The van der Waals surface area contributed by atoms with E-state index < -0.39 is 0 Å². The van der Waals surface area contributed by atoms with Gasteiger partial charge in [-0.25, -0.2) is 4.98 Å². The smallest absolute Gasteiger partial charge is 0.293 e. The van der Waals surface area contributed by atoms with Crippen molar-refractivity contribution in [2.45, 2.75) is 52.7 Å². The van der Waals surface area contributed by atoms with Crippen LogP contribution in [0.25, 0.3) is 0 Å². The molecule has 0 aromatic carbocycles. The molecule has 0 saturated carbocycles. The Bertz CT molecular complexity index is 472. The summed E-state index contributed by atoms with van der Waals surface area (Å²) >= 11 is 0. The molecular formula is C15H22N2O3. The van der Waals surface area contributed by atoms with Gasteiger partial charge in [0.05, 0.1) is 11.7 Å². The zero-order valence-corrected chi connectivity index (χ0v) is 12.5. The van der Waals surface area contributed by atoms with E-state index >= 15 is 0 Å². The predicted octanol–water partition coefficient (Wildman–Crippen LogP) is 2.73. The molecule has 0 fully saturated rings. The fraction of sp³-hybridized carbons (Fsp3) is 0.533. The summed E-state index contributed by atoms with van der Waals surface area (Å²) in [5.41, 5.74) is 1.68. The SMILES string of the molecule is CC(C)OC=O.CCC1CC(=O)c2ccc(C)nc2N1. The van der Waals surface area contributed by atoms with E-state index in [9.17, 15) is 9.59 Å². The average molecular weight is 278 g/mol. The highest BCUT2D eigenvalue weighted by Crippen LogP contribution is 2.24. The van der Waals surface area contributed by atoms with Crippen LogP contribution in [0.4, 0.5) is 5.82 Å². The number of hydrogen-bond acceptors (Lipinski definition) is 5. The van der Waals surface area contributed by atoms with Gasteiger partial charge in [-0.2, -0.15) is 0 Å². The van der Waals surface area contributed by atoms with Crippen molar-refractivity contribution in [1.82, 2.24) is 4.98 Å². The van der Waals surface area contributed by atoms with Crippen molar-refractivity contribution in [2.24, 2.45) is 0 Å². The van der Waals surface area contributed by atoms with Gasteiger partial charge in [-0.15, -0.1) is 0 Å². The molecule has 0 spiro atoms. The lowest BCUT2D eigenvalue weighted by Gasteiger charge is -2.24. The quantitative estimate of drug-likeness (QED) is 0.861. The lowest BCUT2D eigenvalue weighted by molar-refractivity contribution is -0.131. The van der Waals surface area contributed by atoms with Crippen LogP contribution in [0.5, 0.6) is 0 Å². The summed E-state index contributed by atoms with van der Waals surface area (Å²) in [6.45, 7) is 8.06. The number of nitrogens with zero attached hydrogens (tertiary/aromatic N) is 1. The first kappa shape index (κ1) is 16.1. The second kappa shape index (κ2) is 7.62. The predicted molar refractivity (Wildman–Crippen MR) is 77.9 cm³/mol. The standard InChI is InChI=1S/C11H14N2O.C4H8O2/c1-3-8-6-10(14)9-5-4-7(2)12-11(9)13-8;1-4(2)6-3-5/h4-5,8H,3,6H2,1-2H3,(H,12,13);3-4H,1-2H3. The number of carbonyl (C=O) groups excluding carboxylic acids is 2. The van der Waals surface area contributed by atoms with Crippen molar-refractivity contribution in [3.05, 3.63) is 23.4 Å². The minimum Gasteiger partial charge on any atom is -0.465 e. The van der Waals surface area contributed by atoms with E-state index in [1.54, 1.807) is 13.8 Å². The van der Waals surface area contributed by atoms with Gasteiger partial charge >= 0.3 is 0 Å². The number of aromatic nitrogens is 1. The van der Waals surface area contributed by atoms with Crippen molar-refractivity contribution in [3.8, 4) is 0 Å². The van der Waals surface area contributed by atoms with Crippen LogP contribution in [-0.4, -0.2) is 29.4 Å². The molecule has 1 aromatic rings. The number of aryl methyl sites for hydroxylation is 1. The van der Waals surface area contributed by atoms with Gasteiger partial charge in [0.2, 0.25) is 0 Å². The van der Waals surface area contributed by atoms with Crippen molar-refractivity contribution in [2.75, 3.05) is 5.32 Å². The maximum atomic E-state index is 11.7. The number of anilines is 1. The summed E-state index contributed by atoms with van der Waals surface area (Å²) < 4.78 is 4.36. The van der Waals surface area contributed by atoms with Crippen LogP contribution in [0, 0.1) is 6.92 Å². The monoisotopic (exact) mass is 278 g/mol. The summed E-state index contributed by atoms with van der Waals surface area (Å²) in [6, 6.07) is 3.99. The van der Waals surface area contributed by atoms with Crippen molar-refractivity contribution in [3.63, 3.8) is 0 Å². The normalized spacial score (nSPS) is 16.6. The van der Waals surface area contributed by atoms with Crippen LogP contribution in [0.15, 0.2) is 12.1 Å². The van der Waals surface area contributed by atoms with E-state index in [4.69, 9.17) is 0 Å². The Morgan fingerprint density at radius 3 is 2.70 bits per heavy atom. The summed E-state index contributed by atoms with van der Waals surface area (Å²) in [6.07, 6.45) is 1.58. The van der Waals surface area contributed by atoms with Crippen molar-refractivity contribution >= 4 is 18.1 Å². The van der Waals surface area contributed by atoms with Gasteiger partial charge in [-0.05, 0) is 39.3 Å². The molecule has 0 saturated heterocycles. The molecule has 5 heteroatoms. The highest BCUT2D eigenvalue weighted by atomic mass is 16.5. The van der Waals surface area contributed by atoms with Crippen LogP contribution < -0.4 is 5.32 Å². The van der Waals surface area contributed by atoms with Crippen LogP contribution >= 0.6 is 0 Å². The number of nitrogens with one attached hydrogen (secondary N) is 1. The van der Waals surface area contributed by atoms with Gasteiger partial charge in [0.15, 0.2) is 5.78 Å². The van der Waals surface area contributed by atoms with E-state index in [-0.39, 0.29) is 17.9 Å². The lowest BCUT2D eigenvalue weighted by Crippen LogP contribution is -2.29. The largest absolute Gasteiger partial charge is 0.465 e. The molecule has 1 aromatic heterocycles. The Kier molecular flexibility index (Phi) is 6.15. The first-order chi connectivity index (χ1) is 9.47. The Balaban J connectivity index is 0.000000286. The van der Waals surface area contributed by atoms with Crippen LogP contribution in [0.3, 0.4) is 0 Å². The molecule has 2 rings (SSSR count). The molecule has 20 heavy (non-hydrogen) atoms. The highest BCUT2D eigenvalue weighted by Gasteiger charge is 2.23. The second-order valence-corrected chi connectivity index (χ2v) is 5.01. The molecule has 1 atom stereocenters. The highest BCUT2D eigenvalue weighted by molar-refractivity contribution is 6.02. The molecule has 1 N–H and O–H groups in total. The number of carbonyl (C=O) groups is 2. The summed E-state index contributed by atoms with van der Waals surface area (Å²) in [5.74, 6) is 0.964. The third kappa shape index (κ3) is 4.64. The maximum absolute atomic E-state index is 11.7. The van der Waals surface area contributed by atoms with Crippen molar-refractivity contribution in [1.29, 1.82) is 0 Å². The number of ether oxygens (including phenoxy) is 1. The van der Waals surface area contributed by atoms with Crippen LogP contribution in [0.1, 0.15) is 49.7 Å². The minimum atomic E-state index is 0.0301. The maximum Gasteiger partial charge on any atom is 0.293 e. The Morgan fingerprint density at radius 2 is 2.20 bits per heavy atom. The molecule has 1 aliphatic rings. The third-order valence-electron chi connectivity index (χ3n) is 2.93.